The highest BCUT2D eigenvalue weighted by atomic mass is 32.3. The average Bonchev–Trinajstić information content (AvgIpc) is 2.08. The Morgan fingerprint density at radius 1 is 1.33 bits per heavy atom. The Balaban J connectivity index is 0.000000336. The van der Waals surface area contributed by atoms with Crippen molar-refractivity contribution in [2.45, 2.75) is 26.4 Å². The van der Waals surface area contributed by atoms with Gasteiger partial charge in [0, 0.05) is 0 Å². The molecule has 0 radical (unpaired) electrons. The summed E-state index contributed by atoms with van der Waals surface area (Å²) in [5.41, 5.74) is 0. The summed E-state index contributed by atoms with van der Waals surface area (Å²) >= 11 is -1.51. The van der Waals surface area contributed by atoms with Crippen molar-refractivity contribution in [2.24, 2.45) is 5.92 Å². The van der Waals surface area contributed by atoms with Gasteiger partial charge in [-0.15, -0.1) is 0 Å². The lowest BCUT2D eigenvalue weighted by atomic mass is 10.1. The Morgan fingerprint density at radius 3 is 2.27 bits per heavy atom. The van der Waals surface area contributed by atoms with Crippen molar-refractivity contribution in [3.63, 3.8) is 0 Å². The first kappa shape index (κ1) is 14.9. The molecule has 0 saturated carbocycles. The third-order valence-corrected chi connectivity index (χ3v) is 2.24. The van der Waals surface area contributed by atoms with Gasteiger partial charge in [0.05, 0.1) is 12.7 Å². The molecule has 3 atom stereocenters. The second kappa shape index (κ2) is 6.51. The van der Waals surface area contributed by atoms with E-state index in [1.54, 1.807) is 0 Å². The smallest absolute Gasteiger partial charge is 0.268 e. The summed E-state index contributed by atoms with van der Waals surface area (Å²) in [4.78, 5) is 0. The van der Waals surface area contributed by atoms with E-state index >= 15 is 0 Å². The monoisotopic (exact) mass is 262 g/mol. The van der Waals surface area contributed by atoms with E-state index in [4.69, 9.17) is 25.9 Å². The van der Waals surface area contributed by atoms with Crippen molar-refractivity contribution in [1.29, 1.82) is 0 Å². The first-order valence-electron chi connectivity index (χ1n) is 4.10. The van der Waals surface area contributed by atoms with Crippen LogP contribution in [0.3, 0.4) is 0 Å². The molecule has 0 aromatic rings. The molecule has 9 heteroatoms. The molecule has 1 saturated heterocycles. The van der Waals surface area contributed by atoms with Crippen LogP contribution in [0.1, 0.15) is 20.3 Å². The van der Waals surface area contributed by atoms with Gasteiger partial charge in [0.2, 0.25) is 0 Å². The van der Waals surface area contributed by atoms with Crippen LogP contribution >= 0.6 is 0 Å². The van der Waals surface area contributed by atoms with Crippen molar-refractivity contribution in [3.8, 4) is 0 Å². The van der Waals surface area contributed by atoms with Crippen molar-refractivity contribution >= 4 is 21.8 Å². The van der Waals surface area contributed by atoms with Gasteiger partial charge in [-0.2, -0.15) is 12.6 Å². The van der Waals surface area contributed by atoms with Gasteiger partial charge >= 0.3 is 21.8 Å². The second-order valence-corrected chi connectivity index (χ2v) is 4.92. The molecule has 92 valence electrons. The molecule has 0 aromatic heterocycles. The predicted octanol–water partition coefficient (Wildman–Crippen LogP) is 0.374. The molecular formula is C6H14O7S2. The standard InChI is InChI=1S/C6H12O3S.H2O4S/c1-5-3-6(2)9-10(7)8-4-5;1-5(2,3)4/h5-6H,3-4H2,1-2H3;(H2,1,2,3,4). The van der Waals surface area contributed by atoms with Crippen LogP contribution in [0.15, 0.2) is 0 Å². The first-order valence-corrected chi connectivity index (χ1v) is 6.50. The first-order chi connectivity index (χ1) is 6.68. The Kier molecular flexibility index (Phi) is 6.48. The summed E-state index contributed by atoms with van der Waals surface area (Å²) in [6.07, 6.45) is 0.976. The van der Waals surface area contributed by atoms with Gasteiger partial charge in [0.1, 0.15) is 0 Å². The molecule has 0 aromatic carbocycles. The van der Waals surface area contributed by atoms with E-state index in [1.165, 1.54) is 0 Å². The van der Waals surface area contributed by atoms with Crippen LogP contribution in [0.2, 0.25) is 0 Å². The molecule has 1 heterocycles. The minimum absolute atomic E-state index is 0.0540. The molecule has 1 aliphatic rings. The molecule has 0 aliphatic carbocycles. The summed E-state index contributed by atoms with van der Waals surface area (Å²) in [5.74, 6) is 0.446. The van der Waals surface area contributed by atoms with Gasteiger partial charge < -0.3 is 0 Å². The fourth-order valence-corrected chi connectivity index (χ4v) is 1.75. The molecule has 1 aliphatic heterocycles. The Hall–Kier alpha value is -0.0600. The Morgan fingerprint density at radius 2 is 1.80 bits per heavy atom. The molecule has 7 nitrogen and oxygen atoms in total. The lowest BCUT2D eigenvalue weighted by Crippen LogP contribution is -2.09. The summed E-state index contributed by atoms with van der Waals surface area (Å²) in [5, 5.41) is 0. The van der Waals surface area contributed by atoms with Gasteiger partial charge in [0.25, 0.3) is 0 Å². The molecule has 15 heavy (non-hydrogen) atoms. The molecule has 2 N–H and O–H groups in total. The summed E-state index contributed by atoms with van der Waals surface area (Å²) in [7, 11) is -4.67. The van der Waals surface area contributed by atoms with Crippen molar-refractivity contribution in [1.82, 2.24) is 0 Å². The van der Waals surface area contributed by atoms with Crippen LogP contribution in [0.4, 0.5) is 0 Å². The van der Waals surface area contributed by atoms with Crippen LogP contribution in [-0.2, 0) is 30.1 Å². The molecule has 0 amide bonds. The average molecular weight is 262 g/mol. The molecule has 0 spiro atoms. The molecule has 0 bridgehead atoms. The summed E-state index contributed by atoms with van der Waals surface area (Å²) in [6.45, 7) is 4.50. The number of hydrogen-bond donors (Lipinski definition) is 2. The van der Waals surface area contributed by atoms with E-state index in [9.17, 15) is 4.21 Å². The highest BCUT2D eigenvalue weighted by Crippen LogP contribution is 2.15. The van der Waals surface area contributed by atoms with Gasteiger partial charge in [0.15, 0.2) is 0 Å². The Bertz CT molecular complexity index is 291. The highest BCUT2D eigenvalue weighted by molar-refractivity contribution is 7.79. The van der Waals surface area contributed by atoms with Gasteiger partial charge in [-0.25, -0.2) is 0 Å². The normalized spacial score (nSPS) is 32.4. The van der Waals surface area contributed by atoms with E-state index in [2.05, 4.69) is 6.92 Å². The minimum atomic E-state index is -4.67. The third-order valence-electron chi connectivity index (χ3n) is 1.43. The van der Waals surface area contributed by atoms with E-state index in [-0.39, 0.29) is 6.10 Å². The van der Waals surface area contributed by atoms with Crippen LogP contribution in [-0.4, -0.2) is 34.4 Å². The fourth-order valence-electron chi connectivity index (χ4n) is 1.01. The SMILES string of the molecule is CC1COS(=O)OC(C)C1.O=S(=O)(O)O. The quantitative estimate of drug-likeness (QED) is 0.607. The maximum absolute atomic E-state index is 10.7. The molecular weight excluding hydrogens is 248 g/mol. The van der Waals surface area contributed by atoms with Crippen LogP contribution < -0.4 is 0 Å². The summed E-state index contributed by atoms with van der Waals surface area (Å²) < 4.78 is 52.1. The van der Waals surface area contributed by atoms with Crippen LogP contribution in [0, 0.1) is 5.92 Å². The highest BCUT2D eigenvalue weighted by Gasteiger charge is 2.18. The topological polar surface area (TPSA) is 110 Å². The fraction of sp³-hybridized carbons (Fsp3) is 1.00. The number of hydrogen-bond acceptors (Lipinski definition) is 5. The van der Waals surface area contributed by atoms with Gasteiger partial charge in [-0.05, 0) is 19.3 Å². The number of rotatable bonds is 0. The van der Waals surface area contributed by atoms with Gasteiger partial charge in [-0.3, -0.25) is 17.5 Å². The zero-order valence-corrected chi connectivity index (χ0v) is 9.95. The molecule has 3 unspecified atom stereocenters. The van der Waals surface area contributed by atoms with Crippen LogP contribution in [0.5, 0.6) is 0 Å². The van der Waals surface area contributed by atoms with E-state index in [1.807, 2.05) is 6.92 Å². The van der Waals surface area contributed by atoms with Crippen molar-refractivity contribution in [3.05, 3.63) is 0 Å². The minimum Gasteiger partial charge on any atom is -0.268 e. The van der Waals surface area contributed by atoms with E-state index in [0.717, 1.165) is 6.42 Å². The second-order valence-electron chi connectivity index (χ2n) is 3.18. The van der Waals surface area contributed by atoms with Crippen molar-refractivity contribution in [2.75, 3.05) is 6.61 Å². The van der Waals surface area contributed by atoms with Crippen LogP contribution in [0.25, 0.3) is 0 Å². The lowest BCUT2D eigenvalue weighted by molar-refractivity contribution is 0.220. The third kappa shape index (κ3) is 11.9. The zero-order chi connectivity index (χ0) is 12.1. The zero-order valence-electron chi connectivity index (χ0n) is 8.32. The Labute approximate surface area is 91.2 Å². The lowest BCUT2D eigenvalue weighted by Gasteiger charge is -2.07. The molecule has 1 fully saturated rings. The van der Waals surface area contributed by atoms with E-state index < -0.39 is 21.8 Å². The maximum atomic E-state index is 10.7. The summed E-state index contributed by atoms with van der Waals surface area (Å²) in [6, 6.07) is 0. The predicted molar refractivity (Wildman–Crippen MR) is 52.6 cm³/mol. The molecule has 1 rings (SSSR count). The van der Waals surface area contributed by atoms with Crippen molar-refractivity contribution < 1.29 is 30.1 Å². The maximum Gasteiger partial charge on any atom is 0.394 e. The largest absolute Gasteiger partial charge is 0.394 e. The van der Waals surface area contributed by atoms with Gasteiger partial charge in [-0.1, -0.05) is 6.92 Å². The van der Waals surface area contributed by atoms with E-state index in [0.29, 0.717) is 12.5 Å².